The van der Waals surface area contributed by atoms with Crippen LogP contribution in [0.4, 0.5) is 11.8 Å². The highest BCUT2D eigenvalue weighted by Crippen LogP contribution is 2.17. The van der Waals surface area contributed by atoms with Gasteiger partial charge in [-0.15, -0.1) is 0 Å². The molecule has 0 unspecified atom stereocenters. The van der Waals surface area contributed by atoms with Crippen LogP contribution in [0.15, 0.2) is 12.3 Å². The summed E-state index contributed by atoms with van der Waals surface area (Å²) in [5, 5.41) is 3.24. The predicted molar refractivity (Wildman–Crippen MR) is 75.0 cm³/mol. The van der Waals surface area contributed by atoms with Crippen molar-refractivity contribution >= 4 is 23.5 Å². The molecule has 2 rings (SSSR count). The van der Waals surface area contributed by atoms with E-state index < -0.39 is 0 Å². The Kier molecular flexibility index (Phi) is 4.91. The molecule has 1 fully saturated rings. The molecule has 2 heterocycles. The van der Waals surface area contributed by atoms with Gasteiger partial charge in [0, 0.05) is 31.6 Å². The Morgan fingerprint density at radius 2 is 2.35 bits per heavy atom. The highest BCUT2D eigenvalue weighted by Gasteiger charge is 2.11. The zero-order valence-corrected chi connectivity index (χ0v) is 11.2. The first-order chi connectivity index (χ1) is 8.40. The van der Waals surface area contributed by atoms with Crippen LogP contribution in [0, 0.1) is 0 Å². The Bertz CT molecular complexity index is 337. The van der Waals surface area contributed by atoms with Crippen molar-refractivity contribution in [3.05, 3.63) is 12.3 Å². The van der Waals surface area contributed by atoms with Crippen LogP contribution in [0.25, 0.3) is 0 Å². The molecule has 4 nitrogen and oxygen atoms in total. The second kappa shape index (κ2) is 6.69. The average Bonchev–Trinajstić information content (AvgIpc) is 2.65. The van der Waals surface area contributed by atoms with Crippen molar-refractivity contribution in [2.45, 2.75) is 19.8 Å². The molecule has 0 aromatic carbocycles. The Hall–Kier alpha value is -0.970. The average molecular weight is 252 g/mol. The normalized spacial score (nSPS) is 16.6. The van der Waals surface area contributed by atoms with Gasteiger partial charge in [0.05, 0.1) is 0 Å². The summed E-state index contributed by atoms with van der Waals surface area (Å²) in [6, 6.07) is 2.01. The van der Waals surface area contributed by atoms with Crippen molar-refractivity contribution in [2.75, 3.05) is 41.4 Å². The van der Waals surface area contributed by atoms with E-state index in [0.717, 1.165) is 37.8 Å². The maximum atomic E-state index is 4.57. The Balaban J connectivity index is 2.03. The molecule has 0 amide bonds. The molecule has 1 N–H and O–H groups in total. The number of hydrogen-bond donors (Lipinski definition) is 1. The first kappa shape index (κ1) is 12.5. The van der Waals surface area contributed by atoms with E-state index >= 15 is 0 Å². The van der Waals surface area contributed by atoms with Crippen molar-refractivity contribution in [3.8, 4) is 0 Å². The van der Waals surface area contributed by atoms with Crippen LogP contribution in [-0.4, -0.2) is 41.1 Å². The quantitative estimate of drug-likeness (QED) is 0.890. The molecule has 94 valence electrons. The summed E-state index contributed by atoms with van der Waals surface area (Å²) >= 11 is 2.03. The monoisotopic (exact) mass is 252 g/mol. The number of nitrogens with zero attached hydrogens (tertiary/aromatic N) is 3. The van der Waals surface area contributed by atoms with Crippen molar-refractivity contribution in [1.29, 1.82) is 0 Å². The van der Waals surface area contributed by atoms with E-state index in [1.54, 1.807) is 0 Å². The van der Waals surface area contributed by atoms with Crippen molar-refractivity contribution in [1.82, 2.24) is 9.97 Å². The van der Waals surface area contributed by atoms with Crippen LogP contribution in [0.5, 0.6) is 0 Å². The van der Waals surface area contributed by atoms with Crippen molar-refractivity contribution in [3.63, 3.8) is 0 Å². The third-order valence-electron chi connectivity index (χ3n) is 2.72. The van der Waals surface area contributed by atoms with Gasteiger partial charge >= 0.3 is 0 Å². The summed E-state index contributed by atoms with van der Waals surface area (Å²) in [5.41, 5.74) is 0. The minimum Gasteiger partial charge on any atom is -0.356 e. The van der Waals surface area contributed by atoms with Crippen LogP contribution in [0.2, 0.25) is 0 Å². The molecule has 0 saturated carbocycles. The van der Waals surface area contributed by atoms with E-state index in [9.17, 15) is 0 Å². The topological polar surface area (TPSA) is 41.1 Å². The molecule has 0 atom stereocenters. The smallest absolute Gasteiger partial charge is 0.224 e. The number of nitrogens with one attached hydrogen (secondary N) is 1. The molecule has 1 aromatic rings. The minimum atomic E-state index is 0.751. The van der Waals surface area contributed by atoms with E-state index in [-0.39, 0.29) is 0 Å². The lowest BCUT2D eigenvalue weighted by Gasteiger charge is -2.21. The summed E-state index contributed by atoms with van der Waals surface area (Å²) in [6.45, 7) is 5.27. The van der Waals surface area contributed by atoms with Crippen LogP contribution in [0.3, 0.4) is 0 Å². The summed E-state index contributed by atoms with van der Waals surface area (Å²) in [7, 11) is 0. The third-order valence-corrected chi connectivity index (χ3v) is 3.77. The fourth-order valence-corrected chi connectivity index (χ4v) is 2.71. The van der Waals surface area contributed by atoms with Crippen LogP contribution < -0.4 is 10.2 Å². The fraction of sp³-hybridized carbons (Fsp3) is 0.667. The van der Waals surface area contributed by atoms with Crippen LogP contribution in [0.1, 0.15) is 19.8 Å². The number of aromatic nitrogens is 2. The Labute approximate surface area is 107 Å². The fourth-order valence-electron chi connectivity index (χ4n) is 1.82. The van der Waals surface area contributed by atoms with E-state index in [1.807, 2.05) is 24.0 Å². The molecule has 5 heteroatoms. The number of anilines is 2. The van der Waals surface area contributed by atoms with E-state index in [4.69, 9.17) is 0 Å². The first-order valence-electron chi connectivity index (χ1n) is 6.30. The van der Waals surface area contributed by atoms with Gasteiger partial charge in [-0.1, -0.05) is 6.92 Å². The predicted octanol–water partition coefficient (Wildman–Crippen LogP) is 2.24. The maximum absolute atomic E-state index is 4.57. The molecule has 0 aliphatic carbocycles. The van der Waals surface area contributed by atoms with Gasteiger partial charge in [-0.2, -0.15) is 16.7 Å². The highest BCUT2D eigenvalue weighted by molar-refractivity contribution is 7.99. The van der Waals surface area contributed by atoms with E-state index in [2.05, 4.69) is 27.1 Å². The van der Waals surface area contributed by atoms with Gasteiger partial charge in [0.15, 0.2) is 0 Å². The zero-order valence-electron chi connectivity index (χ0n) is 10.4. The molecule has 1 aromatic heterocycles. The third kappa shape index (κ3) is 3.77. The van der Waals surface area contributed by atoms with Crippen LogP contribution in [-0.2, 0) is 0 Å². The van der Waals surface area contributed by atoms with E-state index in [0.29, 0.717) is 0 Å². The summed E-state index contributed by atoms with van der Waals surface area (Å²) in [5.74, 6) is 4.27. The molecule has 0 radical (unpaired) electrons. The molecule has 17 heavy (non-hydrogen) atoms. The molecular weight excluding hydrogens is 232 g/mol. The van der Waals surface area contributed by atoms with Gasteiger partial charge in [-0.05, 0) is 24.7 Å². The Morgan fingerprint density at radius 3 is 3.24 bits per heavy atom. The van der Waals surface area contributed by atoms with Crippen LogP contribution >= 0.6 is 11.8 Å². The molecule has 0 spiro atoms. The molecule has 1 aliphatic heterocycles. The van der Waals surface area contributed by atoms with Crippen molar-refractivity contribution < 1.29 is 0 Å². The van der Waals surface area contributed by atoms with E-state index in [1.165, 1.54) is 17.9 Å². The van der Waals surface area contributed by atoms with Gasteiger partial charge in [-0.25, -0.2) is 4.98 Å². The van der Waals surface area contributed by atoms with Gasteiger partial charge in [0.25, 0.3) is 0 Å². The lowest BCUT2D eigenvalue weighted by molar-refractivity contribution is 0.798. The van der Waals surface area contributed by atoms with Gasteiger partial charge in [0.1, 0.15) is 5.82 Å². The standard InChI is InChI=1S/C12H20N4S/c1-2-5-13-12-14-6-4-11(15-12)16-7-3-9-17-10-8-16/h4,6H,2-3,5,7-10H2,1H3,(H,13,14,15). The zero-order chi connectivity index (χ0) is 11.9. The van der Waals surface area contributed by atoms with Gasteiger partial charge in [0.2, 0.25) is 5.95 Å². The van der Waals surface area contributed by atoms with Crippen molar-refractivity contribution in [2.24, 2.45) is 0 Å². The number of hydrogen-bond acceptors (Lipinski definition) is 5. The van der Waals surface area contributed by atoms with Gasteiger partial charge in [-0.3, -0.25) is 0 Å². The Morgan fingerprint density at radius 1 is 1.41 bits per heavy atom. The first-order valence-corrected chi connectivity index (χ1v) is 7.45. The summed E-state index contributed by atoms with van der Waals surface area (Å²) in [6.07, 6.45) is 4.18. The molecule has 1 aliphatic rings. The second-order valence-electron chi connectivity index (χ2n) is 4.12. The number of rotatable bonds is 4. The summed E-state index contributed by atoms with van der Waals surface area (Å²) in [4.78, 5) is 11.2. The molecule has 0 bridgehead atoms. The SMILES string of the molecule is CCCNc1nccc(N2CCCSCC2)n1. The maximum Gasteiger partial charge on any atom is 0.224 e. The second-order valence-corrected chi connectivity index (χ2v) is 5.34. The van der Waals surface area contributed by atoms with Gasteiger partial charge < -0.3 is 10.2 Å². The number of thioether (sulfide) groups is 1. The highest BCUT2D eigenvalue weighted by atomic mass is 32.2. The molecular formula is C12H20N4S. The lowest BCUT2D eigenvalue weighted by atomic mass is 10.4. The largest absolute Gasteiger partial charge is 0.356 e. The molecule has 1 saturated heterocycles. The minimum absolute atomic E-state index is 0.751. The lowest BCUT2D eigenvalue weighted by Crippen LogP contribution is -2.26. The summed E-state index contributed by atoms with van der Waals surface area (Å²) < 4.78 is 0.